The predicted octanol–water partition coefficient (Wildman–Crippen LogP) is 3.69. The minimum atomic E-state index is -0.875. The molecule has 0 spiro atoms. The highest BCUT2D eigenvalue weighted by Crippen LogP contribution is 2.19. The molecule has 0 bridgehead atoms. The van der Waals surface area contributed by atoms with Gasteiger partial charge in [0.05, 0.1) is 16.7 Å². The zero-order chi connectivity index (χ0) is 14.3. The Morgan fingerprint density at radius 3 is 2.37 bits per heavy atom. The first-order chi connectivity index (χ1) is 9.04. The highest BCUT2D eigenvalue weighted by atomic mass is 35.5. The third kappa shape index (κ3) is 5.30. The summed E-state index contributed by atoms with van der Waals surface area (Å²) >= 11 is 5.79. The van der Waals surface area contributed by atoms with Crippen LogP contribution in [0.2, 0.25) is 0 Å². The first kappa shape index (κ1) is 15.5. The van der Waals surface area contributed by atoms with E-state index < -0.39 is 5.97 Å². The summed E-state index contributed by atoms with van der Waals surface area (Å²) in [5, 5.41) is 19.9. The third-order valence-electron chi connectivity index (χ3n) is 2.93. The molecule has 1 saturated carbocycles. The lowest BCUT2D eigenvalue weighted by atomic mass is 9.98. The molecule has 0 saturated heterocycles. The Bertz CT molecular complexity index is 443. The second-order valence-corrected chi connectivity index (χ2v) is 5.00. The van der Waals surface area contributed by atoms with Gasteiger partial charge in [-0.2, -0.15) is 0 Å². The number of alkyl halides is 1. The quantitative estimate of drug-likeness (QED) is 0.469. The number of rotatable bonds is 1. The summed E-state index contributed by atoms with van der Waals surface area (Å²) in [6.07, 6.45) is 4.10. The second-order valence-electron chi connectivity index (χ2n) is 4.48. The Morgan fingerprint density at radius 1 is 1.32 bits per heavy atom. The number of aromatic carboxylic acids is 1. The summed E-state index contributed by atoms with van der Waals surface area (Å²) in [6, 6.07) is 6.75. The van der Waals surface area contributed by atoms with E-state index in [-0.39, 0.29) is 5.38 Å². The van der Waals surface area contributed by atoms with E-state index in [1.165, 1.54) is 0 Å². The molecule has 19 heavy (non-hydrogen) atoms. The number of hydrogen-bond acceptors (Lipinski definition) is 3. The fourth-order valence-electron chi connectivity index (χ4n) is 1.76. The van der Waals surface area contributed by atoms with E-state index in [0.717, 1.165) is 37.0 Å². The van der Waals surface area contributed by atoms with Crippen molar-refractivity contribution in [3.63, 3.8) is 0 Å². The molecule has 1 aliphatic carbocycles. The summed E-state index contributed by atoms with van der Waals surface area (Å²) in [5.41, 5.74) is 2.17. The van der Waals surface area contributed by atoms with E-state index in [4.69, 9.17) is 21.9 Å². The highest BCUT2D eigenvalue weighted by Gasteiger charge is 2.17. The number of benzene rings is 1. The SMILES string of the molecule is Cc1ccc(C(=O)O)cc1.ON=C1CCCCC1Cl. The molecule has 0 radical (unpaired) electrons. The molecule has 0 aromatic heterocycles. The molecule has 2 N–H and O–H groups in total. The van der Waals surface area contributed by atoms with Crippen molar-refractivity contribution in [1.82, 2.24) is 0 Å². The Balaban J connectivity index is 0.000000191. The fourth-order valence-corrected chi connectivity index (χ4v) is 2.07. The van der Waals surface area contributed by atoms with Crippen LogP contribution in [0.15, 0.2) is 29.4 Å². The van der Waals surface area contributed by atoms with Crippen molar-refractivity contribution in [3.8, 4) is 0 Å². The van der Waals surface area contributed by atoms with Gasteiger partial charge < -0.3 is 10.3 Å². The number of carboxylic acid groups (broad SMARTS) is 1. The van der Waals surface area contributed by atoms with Gasteiger partial charge in [-0.05, 0) is 38.3 Å². The maximum absolute atomic E-state index is 10.3. The predicted molar refractivity (Wildman–Crippen MR) is 75.5 cm³/mol. The summed E-state index contributed by atoms with van der Waals surface area (Å²) < 4.78 is 0. The van der Waals surface area contributed by atoms with Gasteiger partial charge in [-0.1, -0.05) is 29.3 Å². The zero-order valence-corrected chi connectivity index (χ0v) is 11.6. The first-order valence-electron chi connectivity index (χ1n) is 6.19. The van der Waals surface area contributed by atoms with Gasteiger partial charge in [0, 0.05) is 0 Å². The molecule has 1 aliphatic rings. The Kier molecular flexibility index (Phi) is 6.36. The van der Waals surface area contributed by atoms with Crippen molar-refractivity contribution < 1.29 is 15.1 Å². The number of oxime groups is 1. The van der Waals surface area contributed by atoms with Gasteiger partial charge in [0.25, 0.3) is 0 Å². The van der Waals surface area contributed by atoms with Gasteiger partial charge in [-0.3, -0.25) is 0 Å². The van der Waals surface area contributed by atoms with Gasteiger partial charge in [0.15, 0.2) is 0 Å². The number of carboxylic acids is 1. The van der Waals surface area contributed by atoms with E-state index in [1.54, 1.807) is 24.3 Å². The van der Waals surface area contributed by atoms with E-state index in [1.807, 2.05) is 6.92 Å². The van der Waals surface area contributed by atoms with E-state index in [2.05, 4.69) is 5.16 Å². The highest BCUT2D eigenvalue weighted by molar-refractivity contribution is 6.32. The topological polar surface area (TPSA) is 69.9 Å². The minimum absolute atomic E-state index is 0.0104. The average Bonchev–Trinajstić information content (AvgIpc) is 2.40. The lowest BCUT2D eigenvalue weighted by Crippen LogP contribution is -2.18. The summed E-state index contributed by atoms with van der Waals surface area (Å²) in [4.78, 5) is 10.3. The van der Waals surface area contributed by atoms with Crippen LogP contribution < -0.4 is 0 Å². The van der Waals surface area contributed by atoms with Crippen LogP contribution in [-0.2, 0) is 0 Å². The fraction of sp³-hybridized carbons (Fsp3) is 0.429. The van der Waals surface area contributed by atoms with Crippen molar-refractivity contribution >= 4 is 23.3 Å². The number of hydrogen-bond donors (Lipinski definition) is 2. The standard InChI is InChI=1S/C8H8O2.C6H10ClNO/c1-6-2-4-7(5-3-6)8(9)10;7-5-3-1-2-4-6(5)8-9/h2-5H,1H3,(H,9,10);5,9H,1-4H2. The summed E-state index contributed by atoms with van der Waals surface area (Å²) in [5.74, 6) is -0.875. The van der Waals surface area contributed by atoms with Crippen LogP contribution >= 0.6 is 11.6 Å². The van der Waals surface area contributed by atoms with Crippen molar-refractivity contribution in [1.29, 1.82) is 0 Å². The van der Waals surface area contributed by atoms with Crippen LogP contribution in [0.25, 0.3) is 0 Å². The maximum Gasteiger partial charge on any atom is 0.335 e. The van der Waals surface area contributed by atoms with Gasteiger partial charge in [0.2, 0.25) is 0 Å². The number of aryl methyl sites for hydroxylation is 1. The zero-order valence-electron chi connectivity index (χ0n) is 10.8. The maximum atomic E-state index is 10.3. The van der Waals surface area contributed by atoms with Crippen LogP contribution in [0, 0.1) is 6.92 Å². The van der Waals surface area contributed by atoms with Gasteiger partial charge >= 0.3 is 5.97 Å². The molecular weight excluding hydrogens is 266 g/mol. The van der Waals surface area contributed by atoms with Gasteiger partial charge in [-0.15, -0.1) is 11.6 Å². The Hall–Kier alpha value is -1.55. The molecular formula is C14H18ClNO3. The normalized spacial score (nSPS) is 20.5. The van der Waals surface area contributed by atoms with Crippen molar-refractivity contribution in [2.24, 2.45) is 5.16 Å². The van der Waals surface area contributed by atoms with Crippen LogP contribution in [-0.4, -0.2) is 27.4 Å². The molecule has 0 amide bonds. The van der Waals surface area contributed by atoms with Crippen molar-refractivity contribution in [2.45, 2.75) is 38.0 Å². The van der Waals surface area contributed by atoms with Crippen LogP contribution in [0.5, 0.6) is 0 Å². The Morgan fingerprint density at radius 2 is 1.95 bits per heavy atom. The van der Waals surface area contributed by atoms with Crippen LogP contribution in [0.4, 0.5) is 0 Å². The van der Waals surface area contributed by atoms with E-state index in [0.29, 0.717) is 5.56 Å². The van der Waals surface area contributed by atoms with Crippen molar-refractivity contribution in [3.05, 3.63) is 35.4 Å². The molecule has 1 atom stereocenters. The van der Waals surface area contributed by atoms with Crippen LogP contribution in [0.1, 0.15) is 41.6 Å². The molecule has 0 heterocycles. The second kappa shape index (κ2) is 7.79. The molecule has 2 rings (SSSR count). The molecule has 0 aliphatic heterocycles. The lowest BCUT2D eigenvalue weighted by molar-refractivity contribution is 0.0697. The smallest absolute Gasteiger partial charge is 0.335 e. The molecule has 1 fully saturated rings. The summed E-state index contributed by atoms with van der Waals surface area (Å²) in [7, 11) is 0. The molecule has 1 unspecified atom stereocenters. The number of nitrogens with zero attached hydrogens (tertiary/aromatic N) is 1. The Labute approximate surface area is 117 Å². The van der Waals surface area contributed by atoms with E-state index >= 15 is 0 Å². The lowest BCUT2D eigenvalue weighted by Gasteiger charge is -2.15. The number of halogens is 1. The number of carbonyl (C=O) groups is 1. The molecule has 1 aromatic rings. The largest absolute Gasteiger partial charge is 0.478 e. The van der Waals surface area contributed by atoms with Crippen LogP contribution in [0.3, 0.4) is 0 Å². The average molecular weight is 284 g/mol. The van der Waals surface area contributed by atoms with E-state index in [9.17, 15) is 4.79 Å². The molecule has 4 nitrogen and oxygen atoms in total. The van der Waals surface area contributed by atoms with Gasteiger partial charge in [0.1, 0.15) is 0 Å². The first-order valence-corrected chi connectivity index (χ1v) is 6.63. The monoisotopic (exact) mass is 283 g/mol. The molecule has 104 valence electrons. The third-order valence-corrected chi connectivity index (χ3v) is 3.40. The van der Waals surface area contributed by atoms with Crippen molar-refractivity contribution in [2.75, 3.05) is 0 Å². The molecule has 5 heteroatoms. The summed E-state index contributed by atoms with van der Waals surface area (Å²) in [6.45, 7) is 1.92. The minimum Gasteiger partial charge on any atom is -0.478 e. The molecule has 1 aromatic carbocycles. The van der Waals surface area contributed by atoms with Gasteiger partial charge in [-0.25, -0.2) is 4.79 Å².